The Morgan fingerprint density at radius 1 is 1.35 bits per heavy atom. The quantitative estimate of drug-likeness (QED) is 0.659. The molecule has 0 aliphatic heterocycles. The lowest BCUT2D eigenvalue weighted by molar-refractivity contribution is -0.141. The molecule has 1 aromatic carbocycles. The highest BCUT2D eigenvalue weighted by molar-refractivity contribution is 5.69. The first-order valence-corrected chi connectivity index (χ1v) is 5.74. The normalized spacial score (nSPS) is 14.2. The van der Waals surface area contributed by atoms with Crippen LogP contribution in [0.3, 0.4) is 0 Å². The molecule has 2 atom stereocenters. The van der Waals surface area contributed by atoms with Gasteiger partial charge in [0.25, 0.3) is 0 Å². The number of carboxylic acids is 1. The molecule has 0 saturated carbocycles. The average molecular weight is 237 g/mol. The van der Waals surface area contributed by atoms with Gasteiger partial charge in [-0.05, 0) is 12.0 Å². The van der Waals surface area contributed by atoms with Gasteiger partial charge in [0.15, 0.2) is 0 Å². The first kappa shape index (κ1) is 13.7. The highest BCUT2D eigenvalue weighted by Crippen LogP contribution is 2.03. The van der Waals surface area contributed by atoms with Gasteiger partial charge in [0.2, 0.25) is 0 Å². The van der Waals surface area contributed by atoms with Crippen molar-refractivity contribution in [3.63, 3.8) is 0 Å². The zero-order valence-corrected chi connectivity index (χ0v) is 9.97. The molecule has 17 heavy (non-hydrogen) atoms. The lowest BCUT2D eigenvalue weighted by Crippen LogP contribution is -2.38. The second-order valence-electron chi connectivity index (χ2n) is 4.22. The van der Waals surface area contributed by atoms with E-state index < -0.39 is 11.9 Å². The highest BCUT2D eigenvalue weighted by atomic mass is 16.4. The summed E-state index contributed by atoms with van der Waals surface area (Å²) >= 11 is 0. The Balaban J connectivity index is 2.41. The Hall–Kier alpha value is -1.39. The molecule has 4 nitrogen and oxygen atoms in total. The summed E-state index contributed by atoms with van der Waals surface area (Å²) in [5.74, 6) is -1.27. The fourth-order valence-corrected chi connectivity index (χ4v) is 1.53. The van der Waals surface area contributed by atoms with Crippen LogP contribution in [0.1, 0.15) is 12.5 Å². The number of benzene rings is 1. The second-order valence-corrected chi connectivity index (χ2v) is 4.22. The lowest BCUT2D eigenvalue weighted by Gasteiger charge is -2.17. The van der Waals surface area contributed by atoms with Gasteiger partial charge in [0, 0.05) is 12.6 Å². The second kappa shape index (κ2) is 7.04. The molecule has 0 fully saturated rings. The minimum atomic E-state index is -0.825. The summed E-state index contributed by atoms with van der Waals surface area (Å²) in [6, 6.07) is 9.72. The summed E-state index contributed by atoms with van der Waals surface area (Å²) in [6.45, 7) is 2.01. The summed E-state index contributed by atoms with van der Waals surface area (Å²) in [5.41, 5.74) is 1.13. The number of nitrogens with one attached hydrogen (secondary N) is 1. The Morgan fingerprint density at radius 3 is 2.53 bits per heavy atom. The van der Waals surface area contributed by atoms with Crippen LogP contribution in [0.4, 0.5) is 0 Å². The smallest absolute Gasteiger partial charge is 0.307 e. The van der Waals surface area contributed by atoms with Crippen LogP contribution >= 0.6 is 0 Å². The van der Waals surface area contributed by atoms with E-state index in [9.17, 15) is 9.90 Å². The number of hydrogen-bond donors (Lipinski definition) is 3. The molecule has 0 aliphatic rings. The zero-order chi connectivity index (χ0) is 12.7. The maximum absolute atomic E-state index is 10.7. The van der Waals surface area contributed by atoms with Crippen molar-refractivity contribution < 1.29 is 15.0 Å². The number of hydrogen-bond acceptors (Lipinski definition) is 3. The summed E-state index contributed by atoms with van der Waals surface area (Å²) in [6.07, 6.45) is 0.698. The SMILES string of the molecule is CC(CNC(CO)Cc1ccccc1)C(=O)O. The van der Waals surface area contributed by atoms with Gasteiger partial charge >= 0.3 is 5.97 Å². The van der Waals surface area contributed by atoms with Crippen molar-refractivity contribution in [2.24, 2.45) is 5.92 Å². The number of aliphatic carboxylic acids is 1. The van der Waals surface area contributed by atoms with Crippen molar-refractivity contribution in [1.29, 1.82) is 0 Å². The van der Waals surface area contributed by atoms with Gasteiger partial charge in [0.05, 0.1) is 12.5 Å². The third-order valence-electron chi connectivity index (χ3n) is 2.68. The van der Waals surface area contributed by atoms with Crippen LogP contribution in [0, 0.1) is 5.92 Å². The topological polar surface area (TPSA) is 69.6 Å². The monoisotopic (exact) mass is 237 g/mol. The molecule has 2 unspecified atom stereocenters. The molecule has 1 rings (SSSR count). The molecule has 0 radical (unpaired) electrons. The van der Waals surface area contributed by atoms with E-state index in [2.05, 4.69) is 5.32 Å². The van der Waals surface area contributed by atoms with Crippen molar-refractivity contribution >= 4 is 5.97 Å². The fourth-order valence-electron chi connectivity index (χ4n) is 1.53. The van der Waals surface area contributed by atoms with E-state index in [1.54, 1.807) is 6.92 Å². The zero-order valence-electron chi connectivity index (χ0n) is 9.97. The summed E-state index contributed by atoms with van der Waals surface area (Å²) in [7, 11) is 0. The van der Waals surface area contributed by atoms with E-state index >= 15 is 0 Å². The molecule has 0 aromatic heterocycles. The van der Waals surface area contributed by atoms with E-state index in [1.165, 1.54) is 0 Å². The predicted molar refractivity (Wildman–Crippen MR) is 65.8 cm³/mol. The van der Waals surface area contributed by atoms with E-state index in [1.807, 2.05) is 30.3 Å². The van der Waals surface area contributed by atoms with Crippen molar-refractivity contribution in [2.75, 3.05) is 13.2 Å². The minimum absolute atomic E-state index is 0.00122. The Morgan fingerprint density at radius 2 is 2.00 bits per heavy atom. The molecular weight excluding hydrogens is 218 g/mol. The van der Waals surface area contributed by atoms with Gasteiger partial charge in [-0.1, -0.05) is 37.3 Å². The molecule has 0 bridgehead atoms. The first-order chi connectivity index (χ1) is 8.13. The van der Waals surface area contributed by atoms with E-state index in [-0.39, 0.29) is 12.6 Å². The Kier molecular flexibility index (Phi) is 5.66. The van der Waals surface area contributed by atoms with E-state index in [4.69, 9.17) is 5.11 Å². The molecule has 0 saturated heterocycles. The number of aliphatic hydroxyl groups excluding tert-OH is 1. The summed E-state index contributed by atoms with van der Waals surface area (Å²) in [5, 5.41) is 21.1. The van der Waals surface area contributed by atoms with Crippen molar-refractivity contribution in [3.8, 4) is 0 Å². The largest absolute Gasteiger partial charge is 0.481 e. The van der Waals surface area contributed by atoms with Crippen molar-refractivity contribution in [1.82, 2.24) is 5.32 Å². The van der Waals surface area contributed by atoms with E-state index in [0.717, 1.165) is 5.56 Å². The van der Waals surface area contributed by atoms with Crippen LogP contribution < -0.4 is 5.32 Å². The van der Waals surface area contributed by atoms with Crippen LogP contribution in [0.25, 0.3) is 0 Å². The predicted octanol–water partition coefficient (Wildman–Crippen LogP) is 0.900. The molecule has 3 N–H and O–H groups in total. The maximum atomic E-state index is 10.7. The summed E-state index contributed by atoms with van der Waals surface area (Å²) < 4.78 is 0. The van der Waals surface area contributed by atoms with E-state index in [0.29, 0.717) is 13.0 Å². The third-order valence-corrected chi connectivity index (χ3v) is 2.68. The molecule has 1 aromatic rings. The van der Waals surface area contributed by atoms with Gasteiger partial charge in [-0.2, -0.15) is 0 Å². The lowest BCUT2D eigenvalue weighted by atomic mass is 10.1. The van der Waals surface area contributed by atoms with Crippen LogP contribution in [-0.2, 0) is 11.2 Å². The van der Waals surface area contributed by atoms with Crippen molar-refractivity contribution in [3.05, 3.63) is 35.9 Å². The summed E-state index contributed by atoms with van der Waals surface area (Å²) in [4.78, 5) is 10.7. The van der Waals surface area contributed by atoms with Crippen LogP contribution in [0.5, 0.6) is 0 Å². The standard InChI is InChI=1S/C13H19NO3/c1-10(13(16)17)8-14-12(9-15)7-11-5-3-2-4-6-11/h2-6,10,12,14-15H,7-9H2,1H3,(H,16,17). The molecule has 4 heteroatoms. The third kappa shape index (κ3) is 4.97. The molecule has 0 aliphatic carbocycles. The molecule has 0 heterocycles. The minimum Gasteiger partial charge on any atom is -0.481 e. The van der Waals surface area contributed by atoms with Crippen LogP contribution in [0.2, 0.25) is 0 Å². The number of aliphatic hydroxyl groups is 1. The fraction of sp³-hybridized carbons (Fsp3) is 0.462. The number of carboxylic acid groups (broad SMARTS) is 1. The molecule has 94 valence electrons. The van der Waals surface area contributed by atoms with Gasteiger partial charge in [0.1, 0.15) is 0 Å². The molecule has 0 spiro atoms. The molecule has 0 amide bonds. The van der Waals surface area contributed by atoms with Gasteiger partial charge < -0.3 is 15.5 Å². The maximum Gasteiger partial charge on any atom is 0.307 e. The average Bonchev–Trinajstić information content (AvgIpc) is 2.35. The van der Waals surface area contributed by atoms with Crippen LogP contribution in [0.15, 0.2) is 30.3 Å². The number of rotatable bonds is 7. The molecular formula is C13H19NO3. The van der Waals surface area contributed by atoms with Crippen molar-refractivity contribution in [2.45, 2.75) is 19.4 Å². The Labute approximate surface area is 101 Å². The first-order valence-electron chi connectivity index (χ1n) is 5.74. The van der Waals surface area contributed by atoms with Gasteiger partial charge in [-0.25, -0.2) is 0 Å². The van der Waals surface area contributed by atoms with Gasteiger partial charge in [-0.3, -0.25) is 4.79 Å². The highest BCUT2D eigenvalue weighted by Gasteiger charge is 2.14. The van der Waals surface area contributed by atoms with Crippen LogP contribution in [-0.4, -0.2) is 35.4 Å². The Bertz CT molecular complexity index is 340. The number of carbonyl (C=O) groups is 1. The van der Waals surface area contributed by atoms with Gasteiger partial charge in [-0.15, -0.1) is 0 Å².